The standard InChI is InChI=1S/C10HF18N3/c11-3(12,1-29-2(31-30-1)4(13,14)15)5(16,17)6(18,19)7(20,21)8(22,23)9(24,25)10(26,27)28/h(H,29,30,31). The van der Waals surface area contributed by atoms with Gasteiger partial charge in [-0.3, -0.25) is 5.10 Å². The van der Waals surface area contributed by atoms with Crippen LogP contribution in [-0.4, -0.2) is 51.0 Å². The Morgan fingerprint density at radius 2 is 0.839 bits per heavy atom. The molecule has 1 aromatic rings. The second-order valence-corrected chi connectivity index (χ2v) is 5.45. The van der Waals surface area contributed by atoms with E-state index in [0.29, 0.717) is 5.10 Å². The number of nitrogens with one attached hydrogen (secondary N) is 1. The molecule has 1 rings (SSSR count). The molecule has 0 amide bonds. The Labute approximate surface area is 155 Å². The number of H-pyrrole nitrogens is 1. The van der Waals surface area contributed by atoms with Crippen LogP contribution in [0.1, 0.15) is 11.6 Å². The first-order valence-corrected chi connectivity index (χ1v) is 6.55. The van der Waals surface area contributed by atoms with Crippen LogP contribution in [0.4, 0.5) is 79.0 Å². The zero-order chi connectivity index (χ0) is 25.3. The third-order valence-corrected chi connectivity index (χ3v) is 3.36. The molecule has 0 saturated heterocycles. The molecule has 1 aromatic heterocycles. The van der Waals surface area contributed by atoms with Gasteiger partial charge in [0, 0.05) is 0 Å². The van der Waals surface area contributed by atoms with E-state index in [9.17, 15) is 79.0 Å². The van der Waals surface area contributed by atoms with E-state index in [1.807, 2.05) is 0 Å². The summed E-state index contributed by atoms with van der Waals surface area (Å²) in [6.07, 6.45) is -13.6. The summed E-state index contributed by atoms with van der Waals surface area (Å²) in [5, 5.41) is 2.13. The van der Waals surface area contributed by atoms with Crippen molar-refractivity contribution in [1.29, 1.82) is 0 Å². The van der Waals surface area contributed by atoms with Crippen LogP contribution in [0.25, 0.3) is 0 Å². The van der Waals surface area contributed by atoms with E-state index in [0.717, 1.165) is 0 Å². The summed E-state index contributed by atoms with van der Waals surface area (Å²) >= 11 is 0. The lowest BCUT2D eigenvalue weighted by Gasteiger charge is -2.40. The highest BCUT2D eigenvalue weighted by atomic mass is 19.4. The van der Waals surface area contributed by atoms with Gasteiger partial charge in [0.15, 0.2) is 0 Å². The van der Waals surface area contributed by atoms with Crippen LogP contribution in [-0.2, 0) is 12.1 Å². The quantitative estimate of drug-likeness (QED) is 0.508. The van der Waals surface area contributed by atoms with Crippen LogP contribution in [0.15, 0.2) is 0 Å². The fraction of sp³-hybridized carbons (Fsp3) is 0.800. The molecule has 0 unspecified atom stereocenters. The van der Waals surface area contributed by atoms with Gasteiger partial charge in [-0.2, -0.15) is 84.1 Å². The van der Waals surface area contributed by atoms with E-state index in [2.05, 4.69) is 0 Å². The van der Waals surface area contributed by atoms with Gasteiger partial charge in [0.05, 0.1) is 0 Å². The first kappa shape index (κ1) is 26.9. The highest BCUT2D eigenvalue weighted by Gasteiger charge is 2.93. The minimum atomic E-state index is -8.56. The van der Waals surface area contributed by atoms with Gasteiger partial charge in [-0.1, -0.05) is 0 Å². The Bertz CT molecular complexity index is 798. The predicted molar refractivity (Wildman–Crippen MR) is 56.1 cm³/mol. The van der Waals surface area contributed by atoms with E-state index in [1.54, 1.807) is 10.1 Å². The van der Waals surface area contributed by atoms with Crippen molar-refractivity contribution in [3.63, 3.8) is 0 Å². The Kier molecular flexibility index (Phi) is 5.81. The zero-order valence-corrected chi connectivity index (χ0v) is 13.2. The normalized spacial score (nSPS) is 16.1. The fourth-order valence-electron chi connectivity index (χ4n) is 1.64. The van der Waals surface area contributed by atoms with E-state index in [-0.39, 0.29) is 0 Å². The van der Waals surface area contributed by atoms with Crippen molar-refractivity contribution in [2.75, 3.05) is 0 Å². The van der Waals surface area contributed by atoms with Crippen molar-refractivity contribution in [2.45, 2.75) is 47.9 Å². The average Bonchev–Trinajstić information content (AvgIpc) is 3.03. The lowest BCUT2D eigenvalue weighted by Crippen LogP contribution is -2.72. The molecule has 0 radical (unpaired) electrons. The van der Waals surface area contributed by atoms with E-state index >= 15 is 0 Å². The third-order valence-electron chi connectivity index (χ3n) is 3.36. The van der Waals surface area contributed by atoms with Crippen molar-refractivity contribution in [2.24, 2.45) is 0 Å². The summed E-state index contributed by atoms with van der Waals surface area (Å²) in [5.74, 6) is -54.9. The maximum absolute atomic E-state index is 13.5. The second kappa shape index (κ2) is 6.69. The summed E-state index contributed by atoms with van der Waals surface area (Å²) < 4.78 is 231. The molecule has 0 aromatic carbocycles. The Morgan fingerprint density at radius 3 is 1.16 bits per heavy atom. The Balaban J connectivity index is 3.63. The number of aromatic amines is 1. The molecule has 0 bridgehead atoms. The van der Waals surface area contributed by atoms with Gasteiger partial charge in [-0.25, -0.2) is 4.98 Å². The van der Waals surface area contributed by atoms with Crippen molar-refractivity contribution in [1.82, 2.24) is 15.2 Å². The van der Waals surface area contributed by atoms with Gasteiger partial charge in [-0.15, -0.1) is 0 Å². The summed E-state index contributed by atoms with van der Waals surface area (Å²) in [6.45, 7) is 0. The number of rotatable bonds is 6. The minimum absolute atomic E-state index is 0.440. The monoisotopic (exact) mass is 505 g/mol. The Morgan fingerprint density at radius 1 is 0.484 bits per heavy atom. The molecular formula is C10HF18N3. The average molecular weight is 505 g/mol. The third kappa shape index (κ3) is 3.52. The van der Waals surface area contributed by atoms with Gasteiger partial charge in [-0.05, 0) is 0 Å². The molecule has 1 N–H and O–H groups in total. The van der Waals surface area contributed by atoms with Crippen LogP contribution < -0.4 is 0 Å². The number of alkyl halides is 18. The molecule has 0 fully saturated rings. The van der Waals surface area contributed by atoms with E-state index in [4.69, 9.17) is 0 Å². The first-order valence-electron chi connectivity index (χ1n) is 6.55. The van der Waals surface area contributed by atoms with Crippen LogP contribution in [0.2, 0.25) is 0 Å². The van der Waals surface area contributed by atoms with Crippen molar-refractivity contribution in [3.8, 4) is 0 Å². The smallest absolute Gasteiger partial charge is 0.255 e. The predicted octanol–water partition coefficient (Wildman–Crippen LogP) is 5.65. The summed E-state index contributed by atoms with van der Waals surface area (Å²) in [4.78, 5) is 1.55. The molecule has 0 aliphatic heterocycles. The Hall–Kier alpha value is -2.12. The molecule has 0 spiro atoms. The molecule has 182 valence electrons. The van der Waals surface area contributed by atoms with Gasteiger partial charge >= 0.3 is 47.9 Å². The second-order valence-electron chi connectivity index (χ2n) is 5.45. The van der Waals surface area contributed by atoms with Crippen molar-refractivity contribution in [3.05, 3.63) is 11.6 Å². The molecule has 0 saturated carbocycles. The van der Waals surface area contributed by atoms with Crippen molar-refractivity contribution < 1.29 is 79.0 Å². The number of hydrogen-bond donors (Lipinski definition) is 1. The molecule has 21 heteroatoms. The SMILES string of the molecule is FC(F)(F)c1nc(C(F)(F)C(F)(F)C(F)(F)C(F)(F)C(F)(F)C(F)(F)C(F)(F)F)n[nH]1. The number of nitrogens with zero attached hydrogens (tertiary/aromatic N) is 2. The molecule has 3 nitrogen and oxygen atoms in total. The highest BCUT2D eigenvalue weighted by Crippen LogP contribution is 2.63. The summed E-state index contributed by atoms with van der Waals surface area (Å²) in [5.41, 5.74) is 0. The van der Waals surface area contributed by atoms with Crippen LogP contribution in [0.5, 0.6) is 0 Å². The molecule has 1 heterocycles. The maximum Gasteiger partial charge on any atom is 0.460 e. The topological polar surface area (TPSA) is 41.6 Å². The first-order chi connectivity index (χ1) is 13.2. The van der Waals surface area contributed by atoms with Crippen LogP contribution in [0, 0.1) is 0 Å². The van der Waals surface area contributed by atoms with Crippen LogP contribution in [0.3, 0.4) is 0 Å². The lowest BCUT2D eigenvalue weighted by molar-refractivity contribution is -0.454. The highest BCUT2D eigenvalue weighted by molar-refractivity contribution is 5.16. The number of halogens is 18. The molecule has 0 aliphatic carbocycles. The van der Waals surface area contributed by atoms with Crippen LogP contribution >= 0.6 is 0 Å². The van der Waals surface area contributed by atoms with Crippen molar-refractivity contribution >= 4 is 0 Å². The van der Waals surface area contributed by atoms with Gasteiger partial charge in [0.25, 0.3) is 0 Å². The lowest BCUT2D eigenvalue weighted by atomic mass is 9.91. The number of hydrogen-bond acceptors (Lipinski definition) is 2. The largest absolute Gasteiger partial charge is 0.460 e. The molecule has 0 aliphatic rings. The molecular weight excluding hydrogens is 504 g/mol. The maximum atomic E-state index is 13.5. The van der Waals surface area contributed by atoms with E-state index < -0.39 is 59.5 Å². The summed E-state index contributed by atoms with van der Waals surface area (Å²) in [7, 11) is 0. The molecule has 31 heavy (non-hydrogen) atoms. The fourth-order valence-corrected chi connectivity index (χ4v) is 1.64. The minimum Gasteiger partial charge on any atom is -0.255 e. The molecule has 0 atom stereocenters. The zero-order valence-electron chi connectivity index (χ0n) is 13.2. The van der Waals surface area contributed by atoms with Gasteiger partial charge < -0.3 is 0 Å². The summed E-state index contributed by atoms with van der Waals surface area (Å²) in [6, 6.07) is 0. The van der Waals surface area contributed by atoms with Gasteiger partial charge in [0.2, 0.25) is 11.6 Å². The number of aromatic nitrogens is 3. The van der Waals surface area contributed by atoms with E-state index in [1.165, 1.54) is 0 Å². The van der Waals surface area contributed by atoms with Gasteiger partial charge in [0.1, 0.15) is 0 Å².